The van der Waals surface area contributed by atoms with Gasteiger partial charge in [0, 0.05) is 6.54 Å². The second kappa shape index (κ2) is 9.80. The number of ether oxygens (including phenoxy) is 1. The monoisotopic (exact) mass is 405 g/mol. The molecule has 0 aromatic heterocycles. The van der Waals surface area contributed by atoms with Gasteiger partial charge in [-0.1, -0.05) is 33.1 Å². The fraction of sp³-hybridized carbons (Fsp3) is 0.625. The van der Waals surface area contributed by atoms with Crippen molar-refractivity contribution < 1.29 is 4.74 Å². The van der Waals surface area contributed by atoms with Crippen molar-refractivity contribution in [1.82, 2.24) is 5.32 Å². The van der Waals surface area contributed by atoms with Crippen LogP contribution in [-0.2, 0) is 6.54 Å². The Kier molecular flexibility index (Phi) is 8.82. The first-order valence-corrected chi connectivity index (χ1v) is 8.96. The zero-order valence-electron chi connectivity index (χ0n) is 12.6. The summed E-state index contributed by atoms with van der Waals surface area (Å²) in [4.78, 5) is 0. The van der Waals surface area contributed by atoms with E-state index in [1.807, 2.05) is 7.05 Å². The molecular weight excluding hydrogens is 382 g/mol. The highest BCUT2D eigenvalue weighted by atomic mass is 79.9. The van der Waals surface area contributed by atoms with E-state index < -0.39 is 0 Å². The lowest BCUT2D eigenvalue weighted by Crippen LogP contribution is -2.12. The van der Waals surface area contributed by atoms with Crippen LogP contribution in [-0.4, -0.2) is 13.7 Å². The first-order chi connectivity index (χ1) is 9.62. The number of halogens is 2. The molecule has 20 heavy (non-hydrogen) atoms. The van der Waals surface area contributed by atoms with Crippen molar-refractivity contribution in [2.24, 2.45) is 5.92 Å². The maximum atomic E-state index is 6.04. The smallest absolute Gasteiger partial charge is 0.147 e. The first kappa shape index (κ1) is 18.0. The second-order valence-electron chi connectivity index (χ2n) is 5.15. The van der Waals surface area contributed by atoms with E-state index in [0.717, 1.165) is 27.8 Å². The molecule has 0 saturated heterocycles. The summed E-state index contributed by atoms with van der Waals surface area (Å²) in [7, 11) is 1.95. The number of benzene rings is 1. The van der Waals surface area contributed by atoms with Gasteiger partial charge in [-0.3, -0.25) is 0 Å². The van der Waals surface area contributed by atoms with Gasteiger partial charge >= 0.3 is 0 Å². The molecule has 0 heterocycles. The third kappa shape index (κ3) is 5.74. The molecule has 114 valence electrons. The topological polar surface area (TPSA) is 21.3 Å². The van der Waals surface area contributed by atoms with Gasteiger partial charge in [-0.25, -0.2) is 0 Å². The van der Waals surface area contributed by atoms with Crippen LogP contribution < -0.4 is 10.1 Å². The van der Waals surface area contributed by atoms with Crippen LogP contribution in [0.15, 0.2) is 21.1 Å². The molecule has 0 amide bonds. The Bertz CT molecular complexity index is 386. The molecule has 0 spiro atoms. The Morgan fingerprint density at radius 1 is 1.20 bits per heavy atom. The van der Waals surface area contributed by atoms with Crippen LogP contribution in [0.25, 0.3) is 0 Å². The average molecular weight is 407 g/mol. The molecule has 0 aliphatic carbocycles. The summed E-state index contributed by atoms with van der Waals surface area (Å²) in [5, 5.41) is 3.16. The van der Waals surface area contributed by atoms with Gasteiger partial charge in [0.15, 0.2) is 0 Å². The van der Waals surface area contributed by atoms with Gasteiger partial charge in [-0.2, -0.15) is 0 Å². The number of hydrogen-bond acceptors (Lipinski definition) is 2. The predicted molar refractivity (Wildman–Crippen MR) is 93.4 cm³/mol. The maximum absolute atomic E-state index is 6.04. The Morgan fingerprint density at radius 2 is 1.85 bits per heavy atom. The third-order valence-electron chi connectivity index (χ3n) is 3.45. The van der Waals surface area contributed by atoms with Gasteiger partial charge in [-0.05, 0) is 68.9 Å². The molecule has 1 rings (SSSR count). The van der Waals surface area contributed by atoms with Crippen LogP contribution in [0.5, 0.6) is 5.75 Å². The summed E-state index contributed by atoms with van der Waals surface area (Å²) in [6.07, 6.45) is 4.96. The molecular formula is C16H25Br2NO. The molecule has 0 aliphatic rings. The summed E-state index contributed by atoms with van der Waals surface area (Å²) in [5.74, 6) is 1.56. The van der Waals surface area contributed by atoms with Gasteiger partial charge < -0.3 is 10.1 Å². The molecule has 1 aromatic carbocycles. The molecule has 1 N–H and O–H groups in total. The van der Waals surface area contributed by atoms with Gasteiger partial charge in [0.05, 0.1) is 15.6 Å². The normalized spacial score (nSPS) is 12.4. The number of nitrogens with one attached hydrogen (secondary N) is 1. The summed E-state index contributed by atoms with van der Waals surface area (Å²) >= 11 is 7.22. The fourth-order valence-electron chi connectivity index (χ4n) is 2.16. The van der Waals surface area contributed by atoms with E-state index in [0.29, 0.717) is 5.92 Å². The van der Waals surface area contributed by atoms with Crippen molar-refractivity contribution in [3.8, 4) is 5.75 Å². The summed E-state index contributed by atoms with van der Waals surface area (Å²) < 4.78 is 8.07. The van der Waals surface area contributed by atoms with Crippen molar-refractivity contribution in [3.05, 3.63) is 26.6 Å². The maximum Gasteiger partial charge on any atom is 0.147 e. The van der Waals surface area contributed by atoms with Crippen molar-refractivity contribution >= 4 is 31.9 Å². The highest BCUT2D eigenvalue weighted by Gasteiger charge is 2.12. The molecule has 4 heteroatoms. The van der Waals surface area contributed by atoms with Crippen LogP contribution in [0.4, 0.5) is 0 Å². The largest absolute Gasteiger partial charge is 0.491 e. The van der Waals surface area contributed by atoms with Crippen LogP contribution >= 0.6 is 31.9 Å². The summed E-state index contributed by atoms with van der Waals surface area (Å²) in [6, 6.07) is 4.23. The summed E-state index contributed by atoms with van der Waals surface area (Å²) in [6.45, 7) is 6.12. The van der Waals surface area contributed by atoms with Crippen molar-refractivity contribution in [2.75, 3.05) is 13.7 Å². The fourth-order valence-corrected chi connectivity index (χ4v) is 3.67. The third-order valence-corrected chi connectivity index (χ3v) is 4.62. The van der Waals surface area contributed by atoms with Crippen LogP contribution in [0.3, 0.4) is 0 Å². The number of rotatable bonds is 9. The number of unbranched alkanes of at least 4 members (excludes halogenated alkanes) is 1. The van der Waals surface area contributed by atoms with Crippen molar-refractivity contribution in [3.63, 3.8) is 0 Å². The molecule has 1 atom stereocenters. The Hall–Kier alpha value is -0.0600. The lowest BCUT2D eigenvalue weighted by molar-refractivity contribution is 0.231. The van der Waals surface area contributed by atoms with Crippen molar-refractivity contribution in [1.29, 1.82) is 0 Å². The molecule has 2 nitrogen and oxygen atoms in total. The minimum Gasteiger partial charge on any atom is -0.491 e. The van der Waals surface area contributed by atoms with E-state index in [9.17, 15) is 0 Å². The molecule has 0 bridgehead atoms. The number of hydrogen-bond donors (Lipinski definition) is 1. The highest BCUT2D eigenvalue weighted by Crippen LogP contribution is 2.35. The van der Waals surface area contributed by atoms with Crippen LogP contribution in [0.2, 0.25) is 0 Å². The van der Waals surface area contributed by atoms with E-state index in [1.54, 1.807) is 0 Å². The van der Waals surface area contributed by atoms with E-state index in [2.05, 4.69) is 63.2 Å². The Labute approximate surface area is 139 Å². The zero-order valence-corrected chi connectivity index (χ0v) is 15.8. The van der Waals surface area contributed by atoms with E-state index in [-0.39, 0.29) is 0 Å². The Balaban J connectivity index is 2.67. The van der Waals surface area contributed by atoms with Crippen molar-refractivity contribution in [2.45, 2.75) is 46.1 Å². The molecule has 1 aromatic rings. The molecule has 0 radical (unpaired) electrons. The predicted octanol–water partition coefficient (Wildman–Crippen LogP) is 5.53. The lowest BCUT2D eigenvalue weighted by Gasteiger charge is -2.18. The summed E-state index contributed by atoms with van der Waals surface area (Å²) in [5.41, 5.74) is 1.23. The Morgan fingerprint density at radius 3 is 2.35 bits per heavy atom. The average Bonchev–Trinajstić information content (AvgIpc) is 2.41. The molecule has 0 aliphatic heterocycles. The quantitative estimate of drug-likeness (QED) is 0.582. The second-order valence-corrected chi connectivity index (χ2v) is 6.86. The van der Waals surface area contributed by atoms with Gasteiger partial charge in [0.2, 0.25) is 0 Å². The van der Waals surface area contributed by atoms with Gasteiger partial charge in [0.1, 0.15) is 5.75 Å². The molecule has 0 fully saturated rings. The lowest BCUT2D eigenvalue weighted by atomic mass is 10.0. The van der Waals surface area contributed by atoms with Gasteiger partial charge in [-0.15, -0.1) is 0 Å². The minimum absolute atomic E-state index is 0.644. The standard InChI is InChI=1S/C16H25Br2NO/c1-4-6-7-12(5-2)11-20-16-14(17)8-13(10-19-3)9-15(16)18/h8-9,12,19H,4-7,10-11H2,1-3H3. The minimum atomic E-state index is 0.644. The SMILES string of the molecule is CCCCC(CC)COc1c(Br)cc(CNC)cc1Br. The van der Waals surface area contributed by atoms with E-state index in [4.69, 9.17) is 4.74 Å². The first-order valence-electron chi connectivity index (χ1n) is 7.37. The van der Waals surface area contributed by atoms with E-state index >= 15 is 0 Å². The molecule has 1 unspecified atom stereocenters. The zero-order chi connectivity index (χ0) is 15.0. The molecule has 0 saturated carbocycles. The van der Waals surface area contributed by atoms with Crippen LogP contribution in [0, 0.1) is 5.92 Å². The van der Waals surface area contributed by atoms with Gasteiger partial charge in [0.25, 0.3) is 0 Å². The van der Waals surface area contributed by atoms with E-state index in [1.165, 1.54) is 31.2 Å². The van der Waals surface area contributed by atoms with Crippen LogP contribution in [0.1, 0.15) is 45.1 Å². The highest BCUT2D eigenvalue weighted by molar-refractivity contribution is 9.11.